The number of hydrogen-bond donors (Lipinski definition) is 2. The number of aliphatic imine (C=N–C) groups is 1. The maximum absolute atomic E-state index is 11.8. The summed E-state index contributed by atoms with van der Waals surface area (Å²) in [4.78, 5) is 17.7. The predicted molar refractivity (Wildman–Crippen MR) is 92.9 cm³/mol. The number of carbonyl (C=O) groups is 1. The van der Waals surface area contributed by atoms with Crippen molar-refractivity contribution in [3.8, 4) is 0 Å². The van der Waals surface area contributed by atoms with Crippen LogP contribution in [0.2, 0.25) is 0 Å². The van der Waals surface area contributed by atoms with Crippen LogP contribution in [-0.4, -0.2) is 63.7 Å². The first-order valence-corrected chi connectivity index (χ1v) is 8.36. The normalized spacial score (nSPS) is 15.9. The van der Waals surface area contributed by atoms with Gasteiger partial charge in [-0.05, 0) is 30.9 Å². The number of guanidine groups is 1. The molecule has 1 aliphatic rings. The van der Waals surface area contributed by atoms with Crippen molar-refractivity contribution in [3.63, 3.8) is 0 Å². The van der Waals surface area contributed by atoms with E-state index < -0.39 is 0 Å². The third kappa shape index (κ3) is 6.23. The molecule has 0 aliphatic heterocycles. The predicted octanol–water partition coefficient (Wildman–Crippen LogP) is 0.871. The summed E-state index contributed by atoms with van der Waals surface area (Å²) in [5, 5.41) is 6.68. The van der Waals surface area contributed by atoms with E-state index in [0.29, 0.717) is 25.0 Å². The summed E-state index contributed by atoms with van der Waals surface area (Å²) >= 11 is 0. The third-order valence-corrected chi connectivity index (χ3v) is 3.97. The summed E-state index contributed by atoms with van der Waals surface area (Å²) in [6, 6.07) is 4.04. The highest BCUT2D eigenvalue weighted by Gasteiger charge is 2.31. The second-order valence-electron chi connectivity index (χ2n) is 6.25. The highest BCUT2D eigenvalue weighted by molar-refractivity contribution is 5.85. The van der Waals surface area contributed by atoms with Gasteiger partial charge in [-0.1, -0.05) is 0 Å². The average Bonchev–Trinajstić information content (AvgIpc) is 3.28. The van der Waals surface area contributed by atoms with Crippen molar-refractivity contribution in [1.29, 1.82) is 0 Å². The van der Waals surface area contributed by atoms with Crippen LogP contribution in [0.4, 0.5) is 0 Å². The Kier molecular flexibility index (Phi) is 7.11. The molecule has 1 aromatic rings. The number of methoxy groups -OCH3 is 1. The molecule has 1 unspecified atom stereocenters. The van der Waals surface area contributed by atoms with Crippen molar-refractivity contribution in [2.45, 2.75) is 25.3 Å². The van der Waals surface area contributed by atoms with E-state index in [0.717, 1.165) is 12.2 Å². The minimum atomic E-state index is -0.0307. The van der Waals surface area contributed by atoms with Crippen LogP contribution in [0.5, 0.6) is 0 Å². The second kappa shape index (κ2) is 9.32. The zero-order chi connectivity index (χ0) is 17.4. The van der Waals surface area contributed by atoms with Crippen LogP contribution < -0.4 is 10.6 Å². The summed E-state index contributed by atoms with van der Waals surface area (Å²) in [5.74, 6) is 2.15. The third-order valence-electron chi connectivity index (χ3n) is 3.97. The first-order chi connectivity index (χ1) is 11.6. The maximum Gasteiger partial charge on any atom is 0.243 e. The van der Waals surface area contributed by atoms with Gasteiger partial charge >= 0.3 is 0 Å². The lowest BCUT2D eigenvalue weighted by atomic mass is 10.2. The van der Waals surface area contributed by atoms with Gasteiger partial charge in [-0.2, -0.15) is 0 Å². The van der Waals surface area contributed by atoms with Crippen LogP contribution in [0.3, 0.4) is 0 Å². The SMILES string of the molecule is COCC(NC(=NCC(=O)N(C)C)NCCc1ccco1)C1CC1. The van der Waals surface area contributed by atoms with E-state index >= 15 is 0 Å². The number of hydrogen-bond acceptors (Lipinski definition) is 4. The lowest BCUT2D eigenvalue weighted by molar-refractivity contribution is -0.127. The van der Waals surface area contributed by atoms with Gasteiger partial charge in [-0.3, -0.25) is 4.79 Å². The van der Waals surface area contributed by atoms with E-state index in [1.807, 2.05) is 12.1 Å². The number of amides is 1. The molecule has 0 radical (unpaired) electrons. The van der Waals surface area contributed by atoms with E-state index in [-0.39, 0.29) is 18.5 Å². The maximum atomic E-state index is 11.8. The molecule has 1 atom stereocenters. The highest BCUT2D eigenvalue weighted by Crippen LogP contribution is 2.32. The number of nitrogens with zero attached hydrogens (tertiary/aromatic N) is 2. The van der Waals surface area contributed by atoms with Gasteiger partial charge in [0.2, 0.25) is 5.91 Å². The van der Waals surface area contributed by atoms with Crippen LogP contribution >= 0.6 is 0 Å². The minimum absolute atomic E-state index is 0.0307. The van der Waals surface area contributed by atoms with E-state index in [9.17, 15) is 4.79 Å². The van der Waals surface area contributed by atoms with Gasteiger partial charge in [-0.25, -0.2) is 4.99 Å². The number of carbonyl (C=O) groups excluding carboxylic acids is 1. The molecule has 7 nitrogen and oxygen atoms in total. The lowest BCUT2D eigenvalue weighted by Crippen LogP contribution is -2.47. The standard InChI is InChI=1S/C17H28N4O3/c1-21(2)16(22)11-19-17(18-9-8-14-5-4-10-24-14)20-15(12-23-3)13-6-7-13/h4-5,10,13,15H,6-9,11-12H2,1-3H3,(H2,18,19,20). The van der Waals surface area contributed by atoms with Gasteiger partial charge in [0.1, 0.15) is 12.3 Å². The Bertz CT molecular complexity index is 524. The number of ether oxygens (including phenoxy) is 1. The molecule has 0 aromatic carbocycles. The van der Waals surface area contributed by atoms with Crippen LogP contribution in [0.25, 0.3) is 0 Å². The van der Waals surface area contributed by atoms with Crippen molar-refractivity contribution in [2.75, 3.05) is 40.9 Å². The first-order valence-electron chi connectivity index (χ1n) is 8.36. The Balaban J connectivity index is 1.91. The number of furan rings is 1. The Morgan fingerprint density at radius 2 is 2.29 bits per heavy atom. The molecule has 1 saturated carbocycles. The molecular weight excluding hydrogens is 308 g/mol. The summed E-state index contributed by atoms with van der Waals surface area (Å²) < 4.78 is 10.6. The Labute approximate surface area is 143 Å². The van der Waals surface area contributed by atoms with E-state index in [1.165, 1.54) is 17.7 Å². The van der Waals surface area contributed by atoms with Gasteiger partial charge in [0.25, 0.3) is 0 Å². The zero-order valence-electron chi connectivity index (χ0n) is 14.7. The first kappa shape index (κ1) is 18.3. The van der Waals surface area contributed by atoms with Gasteiger partial charge in [0, 0.05) is 34.2 Å². The molecular formula is C17H28N4O3. The fourth-order valence-corrected chi connectivity index (χ4v) is 2.35. The van der Waals surface area contributed by atoms with Crippen LogP contribution in [0.1, 0.15) is 18.6 Å². The van der Waals surface area contributed by atoms with E-state index in [4.69, 9.17) is 9.15 Å². The van der Waals surface area contributed by atoms with Crippen molar-refractivity contribution in [3.05, 3.63) is 24.2 Å². The van der Waals surface area contributed by atoms with Gasteiger partial charge < -0.3 is 24.7 Å². The highest BCUT2D eigenvalue weighted by atomic mass is 16.5. The van der Waals surface area contributed by atoms with Crippen molar-refractivity contribution in [2.24, 2.45) is 10.9 Å². The quantitative estimate of drug-likeness (QED) is 0.517. The summed E-state index contributed by atoms with van der Waals surface area (Å²) in [6.45, 7) is 1.43. The van der Waals surface area contributed by atoms with Gasteiger partial charge in [0.05, 0.1) is 18.9 Å². The molecule has 1 aliphatic carbocycles. The molecule has 1 fully saturated rings. The average molecular weight is 336 g/mol. The van der Waals surface area contributed by atoms with Crippen molar-refractivity contribution in [1.82, 2.24) is 15.5 Å². The van der Waals surface area contributed by atoms with Crippen LogP contribution in [0, 0.1) is 5.92 Å². The molecule has 1 aromatic heterocycles. The Morgan fingerprint density at radius 3 is 2.88 bits per heavy atom. The number of nitrogens with one attached hydrogen (secondary N) is 2. The molecule has 1 heterocycles. The lowest BCUT2D eigenvalue weighted by Gasteiger charge is -2.21. The van der Waals surface area contributed by atoms with Crippen LogP contribution in [0.15, 0.2) is 27.8 Å². The Hall–Kier alpha value is -2.02. The van der Waals surface area contributed by atoms with E-state index in [2.05, 4.69) is 15.6 Å². The number of likely N-dealkylation sites (N-methyl/N-ethyl adjacent to an activating group) is 1. The van der Waals surface area contributed by atoms with E-state index in [1.54, 1.807) is 27.5 Å². The molecule has 24 heavy (non-hydrogen) atoms. The van der Waals surface area contributed by atoms with Gasteiger partial charge in [-0.15, -0.1) is 0 Å². The fraction of sp³-hybridized carbons (Fsp3) is 0.647. The summed E-state index contributed by atoms with van der Waals surface area (Å²) in [6.07, 6.45) is 4.84. The molecule has 0 spiro atoms. The van der Waals surface area contributed by atoms with Crippen LogP contribution in [-0.2, 0) is 16.0 Å². The Morgan fingerprint density at radius 1 is 1.50 bits per heavy atom. The monoisotopic (exact) mass is 336 g/mol. The summed E-state index contributed by atoms with van der Waals surface area (Å²) in [5.41, 5.74) is 0. The van der Waals surface area contributed by atoms with Crippen molar-refractivity contribution < 1.29 is 13.9 Å². The molecule has 1 amide bonds. The fourth-order valence-electron chi connectivity index (χ4n) is 2.35. The smallest absolute Gasteiger partial charge is 0.243 e. The molecule has 2 rings (SSSR count). The number of rotatable bonds is 9. The molecule has 134 valence electrons. The molecule has 2 N–H and O–H groups in total. The topological polar surface area (TPSA) is 79.1 Å². The summed E-state index contributed by atoms with van der Waals surface area (Å²) in [7, 11) is 5.16. The molecule has 0 bridgehead atoms. The molecule has 0 saturated heterocycles. The minimum Gasteiger partial charge on any atom is -0.469 e. The second-order valence-corrected chi connectivity index (χ2v) is 6.25. The largest absolute Gasteiger partial charge is 0.469 e. The van der Waals surface area contributed by atoms with Crippen molar-refractivity contribution >= 4 is 11.9 Å². The molecule has 7 heteroatoms. The van der Waals surface area contributed by atoms with Gasteiger partial charge in [0.15, 0.2) is 5.96 Å². The zero-order valence-corrected chi connectivity index (χ0v) is 14.7.